The molecule has 1 fully saturated rings. The molecular formula is C25H29N3O4. The zero-order valence-corrected chi connectivity index (χ0v) is 18.7. The SMILES string of the molecule is CC(C)[C@@H]1CC[C@@H](C)CC1OC(=O)Cn1c(-c2ccc([N+](=O)[O-])cc2)nc2ccccc21. The van der Waals surface area contributed by atoms with Crippen molar-refractivity contribution in [2.45, 2.75) is 52.7 Å². The highest BCUT2D eigenvalue weighted by Crippen LogP contribution is 2.35. The maximum absolute atomic E-state index is 13.1. The molecule has 7 heteroatoms. The van der Waals surface area contributed by atoms with E-state index in [9.17, 15) is 14.9 Å². The number of imidazole rings is 1. The largest absolute Gasteiger partial charge is 0.461 e. The summed E-state index contributed by atoms with van der Waals surface area (Å²) in [6, 6.07) is 13.9. The number of benzene rings is 2. The number of hydrogen-bond acceptors (Lipinski definition) is 5. The summed E-state index contributed by atoms with van der Waals surface area (Å²) in [5.74, 6) is 1.71. The van der Waals surface area contributed by atoms with Crippen LogP contribution in [0.1, 0.15) is 40.0 Å². The first-order valence-corrected chi connectivity index (χ1v) is 11.2. The molecule has 0 aliphatic heterocycles. The van der Waals surface area contributed by atoms with Crippen molar-refractivity contribution in [2.24, 2.45) is 17.8 Å². The molecule has 2 aromatic carbocycles. The summed E-state index contributed by atoms with van der Waals surface area (Å²) < 4.78 is 7.87. The minimum atomic E-state index is -0.430. The Morgan fingerprint density at radius 3 is 2.59 bits per heavy atom. The predicted octanol–water partition coefficient (Wildman–Crippen LogP) is 5.62. The van der Waals surface area contributed by atoms with Crippen LogP contribution in [-0.2, 0) is 16.1 Å². The Labute approximate surface area is 187 Å². The summed E-state index contributed by atoms with van der Waals surface area (Å²) in [7, 11) is 0. The number of hydrogen-bond donors (Lipinski definition) is 0. The number of ether oxygens (including phenoxy) is 1. The van der Waals surface area contributed by atoms with Gasteiger partial charge < -0.3 is 9.30 Å². The highest BCUT2D eigenvalue weighted by molar-refractivity contribution is 5.83. The number of para-hydroxylation sites is 2. The minimum absolute atomic E-state index is 0.0157. The molecule has 1 unspecified atom stereocenters. The Hall–Kier alpha value is -3.22. The molecule has 0 spiro atoms. The third-order valence-corrected chi connectivity index (χ3v) is 6.52. The summed E-state index contributed by atoms with van der Waals surface area (Å²) in [5.41, 5.74) is 2.32. The van der Waals surface area contributed by atoms with Crippen LogP contribution in [0, 0.1) is 27.9 Å². The van der Waals surface area contributed by atoms with E-state index in [0.29, 0.717) is 29.1 Å². The van der Waals surface area contributed by atoms with Crippen molar-refractivity contribution in [1.29, 1.82) is 0 Å². The van der Waals surface area contributed by atoms with Crippen molar-refractivity contribution in [3.8, 4) is 11.4 Å². The Morgan fingerprint density at radius 1 is 1.19 bits per heavy atom. The fourth-order valence-electron chi connectivity index (χ4n) is 4.77. The van der Waals surface area contributed by atoms with E-state index in [1.54, 1.807) is 12.1 Å². The van der Waals surface area contributed by atoms with Gasteiger partial charge in [-0.3, -0.25) is 14.9 Å². The van der Waals surface area contributed by atoms with Crippen molar-refractivity contribution < 1.29 is 14.5 Å². The number of nitro benzene ring substituents is 1. The average molecular weight is 436 g/mol. The standard InChI is InChI=1S/C25H29N3O4/c1-16(2)20-13-8-17(3)14-23(20)32-24(29)15-27-22-7-5-4-6-21(22)26-25(27)18-9-11-19(12-10-18)28(30)31/h4-7,9-12,16-17,20,23H,8,13-15H2,1-3H3/t17-,20+,23?/m1/s1. The molecule has 0 amide bonds. The van der Waals surface area contributed by atoms with Crippen molar-refractivity contribution >= 4 is 22.7 Å². The van der Waals surface area contributed by atoms with Crippen LogP contribution in [0.2, 0.25) is 0 Å². The second-order valence-electron chi connectivity index (χ2n) is 9.17. The summed E-state index contributed by atoms with van der Waals surface area (Å²) >= 11 is 0. The predicted molar refractivity (Wildman–Crippen MR) is 123 cm³/mol. The van der Waals surface area contributed by atoms with E-state index in [1.165, 1.54) is 18.6 Å². The van der Waals surface area contributed by atoms with Crippen molar-refractivity contribution in [3.63, 3.8) is 0 Å². The monoisotopic (exact) mass is 435 g/mol. The summed E-state index contributed by atoms with van der Waals surface area (Å²) in [6.45, 7) is 6.64. The fourth-order valence-corrected chi connectivity index (χ4v) is 4.77. The van der Waals surface area contributed by atoms with Crippen LogP contribution in [-0.4, -0.2) is 26.5 Å². The van der Waals surface area contributed by atoms with Crippen LogP contribution in [0.5, 0.6) is 0 Å². The summed E-state index contributed by atoms with van der Waals surface area (Å²) in [5, 5.41) is 11.0. The highest BCUT2D eigenvalue weighted by Gasteiger charge is 2.33. The highest BCUT2D eigenvalue weighted by atomic mass is 16.6. The molecule has 1 saturated carbocycles. The van der Waals surface area contributed by atoms with E-state index >= 15 is 0 Å². The average Bonchev–Trinajstić information content (AvgIpc) is 3.12. The molecule has 1 aliphatic rings. The topological polar surface area (TPSA) is 87.3 Å². The molecule has 168 valence electrons. The van der Waals surface area contributed by atoms with Crippen LogP contribution in [0.3, 0.4) is 0 Å². The van der Waals surface area contributed by atoms with Crippen LogP contribution >= 0.6 is 0 Å². The smallest absolute Gasteiger partial charge is 0.326 e. The summed E-state index contributed by atoms with van der Waals surface area (Å²) in [4.78, 5) is 28.3. The molecule has 32 heavy (non-hydrogen) atoms. The van der Waals surface area contributed by atoms with Gasteiger partial charge in [-0.2, -0.15) is 0 Å². The fraction of sp³-hybridized carbons (Fsp3) is 0.440. The lowest BCUT2D eigenvalue weighted by Gasteiger charge is -2.36. The van der Waals surface area contributed by atoms with Crippen LogP contribution < -0.4 is 0 Å². The molecule has 4 rings (SSSR count). The third kappa shape index (κ3) is 4.52. The zero-order valence-electron chi connectivity index (χ0n) is 18.7. The Morgan fingerprint density at radius 2 is 1.91 bits per heavy atom. The maximum Gasteiger partial charge on any atom is 0.326 e. The number of esters is 1. The van der Waals surface area contributed by atoms with Gasteiger partial charge in [-0.1, -0.05) is 39.3 Å². The van der Waals surface area contributed by atoms with Crippen molar-refractivity contribution in [2.75, 3.05) is 0 Å². The van der Waals surface area contributed by atoms with E-state index in [1.807, 2.05) is 28.8 Å². The number of aromatic nitrogens is 2. The molecule has 3 aromatic rings. The Kier molecular flexibility index (Phi) is 6.26. The first-order chi connectivity index (χ1) is 15.3. The number of fused-ring (bicyclic) bond motifs is 1. The molecule has 0 bridgehead atoms. The van der Waals surface area contributed by atoms with E-state index in [4.69, 9.17) is 9.72 Å². The number of non-ortho nitro benzene ring substituents is 1. The first-order valence-electron chi connectivity index (χ1n) is 11.2. The van der Waals surface area contributed by atoms with E-state index < -0.39 is 4.92 Å². The lowest BCUT2D eigenvalue weighted by molar-refractivity contribution is -0.384. The van der Waals surface area contributed by atoms with Gasteiger partial charge in [0.05, 0.1) is 16.0 Å². The number of rotatable bonds is 6. The number of carbonyl (C=O) groups excluding carboxylic acids is 1. The Bertz CT molecular complexity index is 1120. The van der Waals surface area contributed by atoms with Crippen LogP contribution in [0.4, 0.5) is 5.69 Å². The number of carbonyl (C=O) groups is 1. The third-order valence-electron chi connectivity index (χ3n) is 6.52. The molecule has 0 radical (unpaired) electrons. The second-order valence-corrected chi connectivity index (χ2v) is 9.17. The maximum atomic E-state index is 13.1. The van der Waals surface area contributed by atoms with Gasteiger partial charge in [0.25, 0.3) is 5.69 Å². The van der Waals surface area contributed by atoms with E-state index in [-0.39, 0.29) is 24.3 Å². The molecule has 3 atom stereocenters. The van der Waals surface area contributed by atoms with Gasteiger partial charge in [0, 0.05) is 17.7 Å². The molecule has 1 aliphatic carbocycles. The molecule has 0 N–H and O–H groups in total. The Balaban J connectivity index is 1.62. The lowest BCUT2D eigenvalue weighted by atomic mass is 9.75. The first kappa shape index (κ1) is 22.0. The van der Waals surface area contributed by atoms with Gasteiger partial charge in [0.15, 0.2) is 0 Å². The molecular weight excluding hydrogens is 406 g/mol. The lowest BCUT2D eigenvalue weighted by Crippen LogP contribution is -2.36. The van der Waals surface area contributed by atoms with Gasteiger partial charge in [-0.15, -0.1) is 0 Å². The van der Waals surface area contributed by atoms with Crippen molar-refractivity contribution in [1.82, 2.24) is 9.55 Å². The van der Waals surface area contributed by atoms with Gasteiger partial charge in [0.1, 0.15) is 18.5 Å². The normalized spacial score (nSPS) is 21.1. The molecule has 1 heterocycles. The molecule has 0 saturated heterocycles. The number of nitro groups is 1. The molecule has 1 aromatic heterocycles. The quantitative estimate of drug-likeness (QED) is 0.285. The van der Waals surface area contributed by atoms with Gasteiger partial charge in [0.2, 0.25) is 0 Å². The number of nitrogens with zero attached hydrogens (tertiary/aromatic N) is 3. The second kappa shape index (κ2) is 9.10. The zero-order chi connectivity index (χ0) is 22.8. The van der Waals surface area contributed by atoms with Crippen LogP contribution in [0.25, 0.3) is 22.4 Å². The van der Waals surface area contributed by atoms with Crippen molar-refractivity contribution in [3.05, 3.63) is 58.6 Å². The molecule has 7 nitrogen and oxygen atoms in total. The van der Waals surface area contributed by atoms with E-state index in [2.05, 4.69) is 20.8 Å². The van der Waals surface area contributed by atoms with E-state index in [0.717, 1.165) is 23.9 Å². The van der Waals surface area contributed by atoms with Crippen LogP contribution in [0.15, 0.2) is 48.5 Å². The minimum Gasteiger partial charge on any atom is -0.461 e. The van der Waals surface area contributed by atoms with Gasteiger partial charge >= 0.3 is 5.97 Å². The van der Waals surface area contributed by atoms with Gasteiger partial charge in [-0.25, -0.2) is 4.98 Å². The summed E-state index contributed by atoms with van der Waals surface area (Å²) in [6.07, 6.45) is 3.09. The van der Waals surface area contributed by atoms with Gasteiger partial charge in [-0.05, 0) is 54.9 Å².